The topological polar surface area (TPSA) is 47.9 Å². The first kappa shape index (κ1) is 7.32. The molecular weight excluding hydrogens is 138 g/mol. The van der Waals surface area contributed by atoms with Gasteiger partial charge in [-0.1, -0.05) is 0 Å². The molecule has 3 atom stereocenters. The van der Waals surface area contributed by atoms with Crippen molar-refractivity contribution in [2.45, 2.75) is 18.9 Å². The van der Waals surface area contributed by atoms with Crippen LogP contribution in [-0.4, -0.2) is 17.8 Å². The number of aliphatic hydroxyl groups excluding tert-OH is 1. The standard InChI is InChI=1S/C6H11NO.ClH/c7-5-2-6(5)1-4(6)3-8;/h4-5,8H,1-3,7H2;1H/t4-,5+,6+;/m1./s1. The van der Waals surface area contributed by atoms with Crippen molar-refractivity contribution < 1.29 is 23.2 Å². The quantitative estimate of drug-likeness (QED) is 0.393. The second-order valence-electron chi connectivity index (χ2n) is 3.22. The first-order chi connectivity index (χ1) is 3.79. The summed E-state index contributed by atoms with van der Waals surface area (Å²) in [6.07, 6.45) is 2.52. The van der Waals surface area contributed by atoms with E-state index in [1.807, 2.05) is 0 Å². The van der Waals surface area contributed by atoms with Crippen LogP contribution in [0.1, 0.15) is 12.8 Å². The van der Waals surface area contributed by atoms with E-state index in [-0.39, 0.29) is 12.4 Å². The molecule has 0 unspecified atom stereocenters. The van der Waals surface area contributed by atoms with Crippen LogP contribution in [0.2, 0.25) is 0 Å². The van der Waals surface area contributed by atoms with Crippen molar-refractivity contribution >= 4 is 0 Å². The van der Waals surface area contributed by atoms with Crippen LogP contribution in [0.25, 0.3) is 0 Å². The average molecular weight is 150 g/mol. The van der Waals surface area contributed by atoms with Crippen LogP contribution in [0.15, 0.2) is 0 Å². The smallest absolute Gasteiger partial charge is 0.0914 e. The molecule has 0 aromatic rings. The highest BCUT2D eigenvalue weighted by atomic mass is 35.5. The Hall–Kier alpha value is 0.210. The molecule has 54 valence electrons. The molecule has 0 aliphatic heterocycles. The highest BCUT2D eigenvalue weighted by molar-refractivity contribution is 5.18. The maximum Gasteiger partial charge on any atom is 0.0914 e. The predicted molar refractivity (Wildman–Crippen MR) is 28.9 cm³/mol. The van der Waals surface area contributed by atoms with Crippen LogP contribution >= 0.6 is 0 Å². The number of rotatable bonds is 1. The maximum atomic E-state index is 8.67. The van der Waals surface area contributed by atoms with Crippen molar-refractivity contribution in [2.75, 3.05) is 6.61 Å². The van der Waals surface area contributed by atoms with E-state index in [4.69, 9.17) is 5.11 Å². The molecule has 2 fully saturated rings. The molecule has 0 saturated heterocycles. The summed E-state index contributed by atoms with van der Waals surface area (Å²) in [5, 5.41) is 8.67. The summed E-state index contributed by atoms with van der Waals surface area (Å²) in [5.74, 6) is 0.630. The van der Waals surface area contributed by atoms with E-state index < -0.39 is 0 Å². The third-order valence-corrected chi connectivity index (χ3v) is 2.78. The van der Waals surface area contributed by atoms with E-state index in [2.05, 4.69) is 5.73 Å². The Labute approximate surface area is 60.8 Å². The summed E-state index contributed by atoms with van der Waals surface area (Å²) in [4.78, 5) is 0. The summed E-state index contributed by atoms with van der Waals surface area (Å²) in [5.41, 5.74) is 4.52. The molecule has 2 saturated carbocycles. The number of hydrogen-bond acceptors (Lipinski definition) is 1. The lowest BCUT2D eigenvalue weighted by Gasteiger charge is -1.83. The molecule has 1 spiro atoms. The molecule has 0 amide bonds. The summed E-state index contributed by atoms with van der Waals surface area (Å²) in [7, 11) is 0. The van der Waals surface area contributed by atoms with Crippen LogP contribution < -0.4 is 18.1 Å². The van der Waals surface area contributed by atoms with E-state index in [9.17, 15) is 0 Å². The molecule has 2 aliphatic carbocycles. The zero-order valence-corrected chi connectivity index (χ0v) is 6.06. The fraction of sp³-hybridized carbons (Fsp3) is 1.00. The van der Waals surface area contributed by atoms with Gasteiger partial charge in [-0.2, -0.15) is 0 Å². The summed E-state index contributed by atoms with van der Waals surface area (Å²) >= 11 is 0. The molecule has 2 aliphatic rings. The minimum atomic E-state index is 0. The molecule has 0 bridgehead atoms. The van der Waals surface area contributed by atoms with E-state index >= 15 is 0 Å². The lowest BCUT2D eigenvalue weighted by atomic mass is 10.3. The molecule has 0 heterocycles. The number of quaternary nitrogens is 1. The van der Waals surface area contributed by atoms with Gasteiger partial charge in [0, 0.05) is 18.4 Å². The molecule has 4 N–H and O–H groups in total. The van der Waals surface area contributed by atoms with Crippen molar-refractivity contribution in [1.82, 2.24) is 0 Å². The van der Waals surface area contributed by atoms with Gasteiger partial charge >= 0.3 is 0 Å². The number of aliphatic hydroxyl groups is 1. The van der Waals surface area contributed by atoms with Gasteiger partial charge in [-0.15, -0.1) is 0 Å². The largest absolute Gasteiger partial charge is 1.00 e. The Morgan fingerprint density at radius 1 is 1.56 bits per heavy atom. The number of hydrogen-bond donors (Lipinski definition) is 2. The zero-order valence-electron chi connectivity index (χ0n) is 5.31. The summed E-state index contributed by atoms with van der Waals surface area (Å²) in [6.45, 7) is 0.395. The van der Waals surface area contributed by atoms with Crippen LogP contribution in [0.4, 0.5) is 0 Å². The third-order valence-electron chi connectivity index (χ3n) is 2.78. The van der Waals surface area contributed by atoms with Crippen LogP contribution in [0, 0.1) is 11.3 Å². The molecule has 2 rings (SSSR count). The number of halogens is 1. The summed E-state index contributed by atoms with van der Waals surface area (Å²) in [6, 6.07) is 0.680. The Kier molecular flexibility index (Phi) is 1.50. The second kappa shape index (κ2) is 1.84. The van der Waals surface area contributed by atoms with E-state index in [1.165, 1.54) is 12.8 Å². The molecule has 3 heteroatoms. The molecule has 2 nitrogen and oxygen atoms in total. The molecule has 0 radical (unpaired) electrons. The monoisotopic (exact) mass is 149 g/mol. The zero-order chi connectivity index (χ0) is 5.78. The first-order valence-corrected chi connectivity index (χ1v) is 3.23. The van der Waals surface area contributed by atoms with Gasteiger partial charge in [-0.05, 0) is 12.3 Å². The highest BCUT2D eigenvalue weighted by Crippen LogP contribution is 2.68. The van der Waals surface area contributed by atoms with Crippen molar-refractivity contribution in [3.05, 3.63) is 0 Å². The van der Waals surface area contributed by atoms with E-state index in [0.29, 0.717) is 24.0 Å². The van der Waals surface area contributed by atoms with Gasteiger partial charge in [0.1, 0.15) is 0 Å². The van der Waals surface area contributed by atoms with Crippen LogP contribution in [0.3, 0.4) is 0 Å². The van der Waals surface area contributed by atoms with Gasteiger partial charge in [0.05, 0.1) is 6.04 Å². The van der Waals surface area contributed by atoms with E-state index in [1.54, 1.807) is 0 Å². The minimum Gasteiger partial charge on any atom is -1.00 e. The van der Waals surface area contributed by atoms with Gasteiger partial charge < -0.3 is 23.2 Å². The Morgan fingerprint density at radius 3 is 2.22 bits per heavy atom. The minimum absolute atomic E-state index is 0. The third kappa shape index (κ3) is 0.775. The first-order valence-electron chi connectivity index (χ1n) is 3.23. The maximum absolute atomic E-state index is 8.67. The van der Waals surface area contributed by atoms with Gasteiger partial charge in [0.2, 0.25) is 0 Å². The van der Waals surface area contributed by atoms with Gasteiger partial charge in [-0.25, -0.2) is 0 Å². The Bertz CT molecular complexity index is 130. The van der Waals surface area contributed by atoms with Crippen molar-refractivity contribution in [3.8, 4) is 0 Å². The molecular formula is C6H12ClNO. The van der Waals surface area contributed by atoms with Crippen molar-refractivity contribution in [1.29, 1.82) is 0 Å². The molecule has 9 heavy (non-hydrogen) atoms. The SMILES string of the molecule is [Cl-].[NH3+][C@H]1C[C@]12C[C@@H]2CO. The lowest BCUT2D eigenvalue weighted by Crippen LogP contribution is -3.00. The fourth-order valence-corrected chi connectivity index (χ4v) is 1.80. The Morgan fingerprint density at radius 2 is 2.11 bits per heavy atom. The van der Waals surface area contributed by atoms with Gasteiger partial charge in [0.25, 0.3) is 0 Å². The van der Waals surface area contributed by atoms with Gasteiger partial charge in [-0.3, -0.25) is 0 Å². The average Bonchev–Trinajstić information content (AvgIpc) is 2.55. The predicted octanol–water partition coefficient (Wildman–Crippen LogP) is -4.00. The molecule has 0 aromatic carbocycles. The second-order valence-corrected chi connectivity index (χ2v) is 3.22. The highest BCUT2D eigenvalue weighted by Gasteiger charge is 2.71. The lowest BCUT2D eigenvalue weighted by molar-refractivity contribution is -0.391. The van der Waals surface area contributed by atoms with Crippen LogP contribution in [0.5, 0.6) is 0 Å². The van der Waals surface area contributed by atoms with Crippen molar-refractivity contribution in [3.63, 3.8) is 0 Å². The van der Waals surface area contributed by atoms with Gasteiger partial charge in [0.15, 0.2) is 0 Å². The Balaban J connectivity index is 0.000000405. The fourth-order valence-electron chi connectivity index (χ4n) is 1.80. The van der Waals surface area contributed by atoms with Crippen LogP contribution in [-0.2, 0) is 0 Å². The molecule has 0 aromatic heterocycles. The van der Waals surface area contributed by atoms with E-state index in [0.717, 1.165) is 0 Å². The van der Waals surface area contributed by atoms with Crippen molar-refractivity contribution in [2.24, 2.45) is 11.3 Å². The normalized spacial score (nSPS) is 52.7. The summed E-state index contributed by atoms with van der Waals surface area (Å²) < 4.78 is 0.